The Labute approximate surface area is 128 Å². The second-order valence-corrected chi connectivity index (χ2v) is 5.88. The maximum atomic E-state index is 11.7. The van der Waals surface area contributed by atoms with Crippen molar-refractivity contribution in [1.82, 2.24) is 15.3 Å². The lowest BCUT2D eigenvalue weighted by molar-refractivity contribution is 0.252. The minimum atomic E-state index is -0.171. The maximum Gasteiger partial charge on any atom is 0.319 e. The number of H-pyrrole nitrogens is 1. The third-order valence-corrected chi connectivity index (χ3v) is 3.98. The molecule has 2 rings (SSSR count). The highest BCUT2D eigenvalue weighted by Gasteiger charge is 2.02. The molecule has 0 saturated carbocycles. The Hall–Kier alpha value is -1.95. The highest BCUT2D eigenvalue weighted by atomic mass is 32.2. The Bertz CT molecular complexity index is 580. The number of benzene rings is 1. The lowest BCUT2D eigenvalue weighted by Gasteiger charge is -2.07. The molecule has 0 aliphatic heterocycles. The summed E-state index contributed by atoms with van der Waals surface area (Å²) in [6.45, 7) is 4.66. The zero-order valence-corrected chi connectivity index (χ0v) is 13.1. The van der Waals surface area contributed by atoms with Crippen molar-refractivity contribution in [3.63, 3.8) is 0 Å². The van der Waals surface area contributed by atoms with E-state index in [1.807, 2.05) is 38.1 Å². The van der Waals surface area contributed by atoms with Gasteiger partial charge in [-0.2, -0.15) is 11.8 Å². The first-order valence-electron chi connectivity index (χ1n) is 6.83. The number of carbonyl (C=O) groups is 1. The number of thioether (sulfide) groups is 1. The molecule has 0 bridgehead atoms. The van der Waals surface area contributed by atoms with Crippen LogP contribution < -0.4 is 10.6 Å². The number of amides is 2. The van der Waals surface area contributed by atoms with Gasteiger partial charge in [0.25, 0.3) is 0 Å². The Morgan fingerprint density at radius 1 is 1.29 bits per heavy atom. The van der Waals surface area contributed by atoms with Crippen LogP contribution in [0.25, 0.3) is 0 Å². The predicted molar refractivity (Wildman–Crippen MR) is 87.7 cm³/mol. The van der Waals surface area contributed by atoms with Crippen molar-refractivity contribution in [2.45, 2.75) is 19.6 Å². The molecule has 1 heterocycles. The van der Waals surface area contributed by atoms with Gasteiger partial charge in [-0.25, -0.2) is 9.78 Å². The van der Waals surface area contributed by atoms with Gasteiger partial charge in [0.2, 0.25) is 0 Å². The summed E-state index contributed by atoms with van der Waals surface area (Å²) >= 11 is 1.75. The van der Waals surface area contributed by atoms with E-state index < -0.39 is 0 Å². The van der Waals surface area contributed by atoms with E-state index in [9.17, 15) is 4.79 Å². The van der Waals surface area contributed by atoms with Crippen molar-refractivity contribution >= 4 is 23.5 Å². The van der Waals surface area contributed by atoms with Gasteiger partial charge in [-0.05, 0) is 26.0 Å². The van der Waals surface area contributed by atoms with Gasteiger partial charge in [-0.1, -0.05) is 17.7 Å². The summed E-state index contributed by atoms with van der Waals surface area (Å²) in [6.07, 6.45) is 1.71. The number of aromatic amines is 1. The van der Waals surface area contributed by atoms with Crippen LogP contribution in [0.1, 0.15) is 17.0 Å². The summed E-state index contributed by atoms with van der Waals surface area (Å²) in [5.41, 5.74) is 4.15. The average molecular weight is 304 g/mol. The number of aryl methyl sites for hydroxylation is 2. The largest absolute Gasteiger partial charge is 0.348 e. The number of hydrogen-bond donors (Lipinski definition) is 3. The van der Waals surface area contributed by atoms with E-state index in [1.165, 1.54) is 5.56 Å². The molecule has 5 nitrogen and oxygen atoms in total. The van der Waals surface area contributed by atoms with Crippen LogP contribution in [-0.2, 0) is 5.75 Å². The van der Waals surface area contributed by atoms with Crippen molar-refractivity contribution < 1.29 is 4.79 Å². The van der Waals surface area contributed by atoms with Crippen LogP contribution in [0, 0.1) is 13.8 Å². The SMILES string of the molecule is Cc1ccc(NC(=O)NCCSCc2nc[nH]c2C)cc1. The van der Waals surface area contributed by atoms with Gasteiger partial charge in [-0.15, -0.1) is 0 Å². The molecule has 0 atom stereocenters. The Morgan fingerprint density at radius 2 is 2.05 bits per heavy atom. The number of anilines is 1. The van der Waals surface area contributed by atoms with Gasteiger partial charge in [0.15, 0.2) is 0 Å². The molecule has 21 heavy (non-hydrogen) atoms. The molecule has 6 heteroatoms. The number of hydrogen-bond acceptors (Lipinski definition) is 3. The first-order valence-corrected chi connectivity index (χ1v) is 7.99. The zero-order valence-electron chi connectivity index (χ0n) is 12.3. The summed E-state index contributed by atoms with van der Waals surface area (Å²) in [7, 11) is 0. The number of carbonyl (C=O) groups excluding carboxylic acids is 1. The summed E-state index contributed by atoms with van der Waals surface area (Å²) in [6, 6.07) is 7.55. The van der Waals surface area contributed by atoms with Crippen LogP contribution in [0.4, 0.5) is 10.5 Å². The second kappa shape index (κ2) is 7.73. The highest BCUT2D eigenvalue weighted by molar-refractivity contribution is 7.98. The first-order chi connectivity index (χ1) is 10.1. The highest BCUT2D eigenvalue weighted by Crippen LogP contribution is 2.11. The van der Waals surface area contributed by atoms with E-state index >= 15 is 0 Å². The molecule has 1 aromatic heterocycles. The third kappa shape index (κ3) is 5.15. The van der Waals surface area contributed by atoms with Crippen LogP contribution >= 0.6 is 11.8 Å². The van der Waals surface area contributed by atoms with Gasteiger partial charge in [-0.3, -0.25) is 0 Å². The van der Waals surface area contributed by atoms with Crippen molar-refractivity contribution in [3.05, 3.63) is 47.5 Å². The van der Waals surface area contributed by atoms with Crippen molar-refractivity contribution in [2.24, 2.45) is 0 Å². The molecule has 0 unspecified atom stereocenters. The van der Waals surface area contributed by atoms with Gasteiger partial charge in [0, 0.05) is 29.4 Å². The maximum absolute atomic E-state index is 11.7. The van der Waals surface area contributed by atoms with Crippen LogP contribution in [0.5, 0.6) is 0 Å². The summed E-state index contributed by atoms with van der Waals surface area (Å²) in [4.78, 5) is 19.0. The number of nitrogens with one attached hydrogen (secondary N) is 3. The Morgan fingerprint density at radius 3 is 2.71 bits per heavy atom. The summed E-state index contributed by atoms with van der Waals surface area (Å²) < 4.78 is 0. The molecule has 0 saturated heterocycles. The fraction of sp³-hybridized carbons (Fsp3) is 0.333. The van der Waals surface area contributed by atoms with E-state index in [2.05, 4.69) is 20.6 Å². The van der Waals surface area contributed by atoms with E-state index in [4.69, 9.17) is 0 Å². The molecular formula is C15H20N4OS. The molecule has 0 aliphatic carbocycles. The first kappa shape index (κ1) is 15.4. The molecule has 0 fully saturated rings. The molecule has 0 aliphatic rings. The standard InChI is InChI=1S/C15H20N4OS/c1-11-3-5-13(6-4-11)19-15(20)16-7-8-21-9-14-12(2)17-10-18-14/h3-6,10H,7-9H2,1-2H3,(H,17,18)(H2,16,19,20). The molecule has 1 aromatic carbocycles. The average Bonchev–Trinajstić information content (AvgIpc) is 2.87. The molecule has 112 valence electrons. The number of nitrogens with zero attached hydrogens (tertiary/aromatic N) is 1. The van der Waals surface area contributed by atoms with Crippen molar-refractivity contribution in [2.75, 3.05) is 17.6 Å². The molecule has 0 spiro atoms. The summed E-state index contributed by atoms with van der Waals surface area (Å²) in [5.74, 6) is 1.71. The minimum absolute atomic E-state index is 0.171. The second-order valence-electron chi connectivity index (χ2n) is 4.77. The van der Waals surface area contributed by atoms with E-state index in [0.717, 1.165) is 28.6 Å². The van der Waals surface area contributed by atoms with Crippen LogP contribution in [0.3, 0.4) is 0 Å². The van der Waals surface area contributed by atoms with Crippen LogP contribution in [0.2, 0.25) is 0 Å². The van der Waals surface area contributed by atoms with Gasteiger partial charge in [0.1, 0.15) is 0 Å². The molecule has 0 radical (unpaired) electrons. The van der Waals surface area contributed by atoms with Crippen LogP contribution in [0.15, 0.2) is 30.6 Å². The van der Waals surface area contributed by atoms with Gasteiger partial charge in [0.05, 0.1) is 12.0 Å². The number of urea groups is 1. The van der Waals surface area contributed by atoms with Crippen molar-refractivity contribution in [3.8, 4) is 0 Å². The zero-order chi connectivity index (χ0) is 15.1. The van der Waals surface area contributed by atoms with Crippen molar-refractivity contribution in [1.29, 1.82) is 0 Å². The monoisotopic (exact) mass is 304 g/mol. The number of rotatable bonds is 6. The number of aromatic nitrogens is 2. The molecule has 2 amide bonds. The van der Waals surface area contributed by atoms with Gasteiger partial charge >= 0.3 is 6.03 Å². The normalized spacial score (nSPS) is 10.4. The quantitative estimate of drug-likeness (QED) is 0.718. The lowest BCUT2D eigenvalue weighted by Crippen LogP contribution is -2.30. The molecular weight excluding hydrogens is 284 g/mol. The summed E-state index contributed by atoms with van der Waals surface area (Å²) in [5, 5.41) is 5.65. The molecule has 2 aromatic rings. The number of imidazole rings is 1. The minimum Gasteiger partial charge on any atom is -0.348 e. The Balaban J connectivity index is 1.61. The topological polar surface area (TPSA) is 69.8 Å². The predicted octanol–water partition coefficient (Wildman–Crippen LogP) is 3.08. The smallest absolute Gasteiger partial charge is 0.319 e. The van der Waals surface area contributed by atoms with E-state index in [-0.39, 0.29) is 6.03 Å². The van der Waals surface area contributed by atoms with E-state index in [1.54, 1.807) is 18.1 Å². The lowest BCUT2D eigenvalue weighted by atomic mass is 10.2. The van der Waals surface area contributed by atoms with E-state index in [0.29, 0.717) is 6.54 Å². The fourth-order valence-electron chi connectivity index (χ4n) is 1.75. The van der Waals surface area contributed by atoms with Crippen LogP contribution in [-0.4, -0.2) is 28.3 Å². The molecule has 3 N–H and O–H groups in total. The third-order valence-electron chi connectivity index (χ3n) is 3.01. The fourth-order valence-corrected chi connectivity index (χ4v) is 2.63. The Kier molecular flexibility index (Phi) is 5.68. The van der Waals surface area contributed by atoms with Gasteiger partial charge < -0.3 is 15.6 Å².